The molecule has 0 aliphatic carbocycles. The maximum Gasteiger partial charge on any atom is 0.211 e. The predicted octanol–water partition coefficient (Wildman–Crippen LogP) is 1.99. The van der Waals surface area contributed by atoms with Crippen molar-refractivity contribution in [2.24, 2.45) is 5.92 Å². The Labute approximate surface area is 110 Å². The molecule has 0 aromatic rings. The van der Waals surface area contributed by atoms with Gasteiger partial charge in [0.05, 0.1) is 12.4 Å². The molecule has 0 aliphatic heterocycles. The quantitative estimate of drug-likeness (QED) is 0.467. The van der Waals surface area contributed by atoms with Crippen molar-refractivity contribution in [2.45, 2.75) is 33.1 Å². The summed E-state index contributed by atoms with van der Waals surface area (Å²) in [7, 11) is -3.15. The Bertz CT molecular complexity index is 268. The van der Waals surface area contributed by atoms with E-state index in [1.54, 1.807) is 0 Å². The van der Waals surface area contributed by atoms with Crippen molar-refractivity contribution in [1.29, 1.82) is 0 Å². The van der Waals surface area contributed by atoms with Crippen LogP contribution in [-0.4, -0.2) is 39.8 Å². The van der Waals surface area contributed by atoms with Gasteiger partial charge in [-0.05, 0) is 25.2 Å². The Morgan fingerprint density at radius 2 is 1.94 bits per heavy atom. The highest BCUT2D eigenvalue weighted by molar-refractivity contribution is 7.89. The van der Waals surface area contributed by atoms with E-state index in [1.807, 2.05) is 0 Å². The normalized spacial score (nSPS) is 12.2. The summed E-state index contributed by atoms with van der Waals surface area (Å²) >= 11 is 5.48. The summed E-state index contributed by atoms with van der Waals surface area (Å²) in [5.41, 5.74) is 0. The van der Waals surface area contributed by atoms with Crippen molar-refractivity contribution in [3.63, 3.8) is 0 Å². The van der Waals surface area contributed by atoms with Crippen molar-refractivity contribution in [3.05, 3.63) is 0 Å². The molecule has 0 heterocycles. The maximum absolute atomic E-state index is 11.4. The lowest BCUT2D eigenvalue weighted by atomic mass is 10.1. The third-order valence-corrected chi connectivity index (χ3v) is 3.94. The number of nitrogens with one attached hydrogen (secondary N) is 1. The van der Waals surface area contributed by atoms with Gasteiger partial charge in [-0.15, -0.1) is 11.6 Å². The number of rotatable bonds is 11. The number of hydrogen-bond acceptors (Lipinski definition) is 3. The Balaban J connectivity index is 3.46. The van der Waals surface area contributed by atoms with Crippen LogP contribution in [0.25, 0.3) is 0 Å². The average molecular weight is 286 g/mol. The van der Waals surface area contributed by atoms with E-state index in [0.717, 1.165) is 12.8 Å². The summed E-state index contributed by atoms with van der Waals surface area (Å²) in [6.07, 6.45) is 2.34. The van der Waals surface area contributed by atoms with Crippen LogP contribution in [0.15, 0.2) is 0 Å². The summed E-state index contributed by atoms with van der Waals surface area (Å²) in [4.78, 5) is 0. The highest BCUT2D eigenvalue weighted by Gasteiger charge is 2.08. The van der Waals surface area contributed by atoms with Crippen molar-refractivity contribution < 1.29 is 13.2 Å². The molecule has 1 N–H and O–H groups in total. The van der Waals surface area contributed by atoms with E-state index in [-0.39, 0.29) is 5.75 Å². The fourth-order valence-electron chi connectivity index (χ4n) is 1.15. The summed E-state index contributed by atoms with van der Waals surface area (Å²) in [5, 5.41) is 0. The van der Waals surface area contributed by atoms with Gasteiger partial charge in [0.15, 0.2) is 0 Å². The zero-order chi connectivity index (χ0) is 13.1. The zero-order valence-corrected chi connectivity index (χ0v) is 12.3. The first-order valence-corrected chi connectivity index (χ1v) is 8.27. The van der Waals surface area contributed by atoms with Gasteiger partial charge in [-0.1, -0.05) is 13.8 Å². The lowest BCUT2D eigenvalue weighted by Gasteiger charge is -2.08. The largest absolute Gasteiger partial charge is 0.380 e. The van der Waals surface area contributed by atoms with Crippen LogP contribution in [0.3, 0.4) is 0 Å². The lowest BCUT2D eigenvalue weighted by molar-refractivity contribution is 0.128. The van der Waals surface area contributed by atoms with Gasteiger partial charge in [0, 0.05) is 19.0 Å². The molecule has 6 heteroatoms. The predicted molar refractivity (Wildman–Crippen MR) is 72.0 cm³/mol. The summed E-state index contributed by atoms with van der Waals surface area (Å²) < 4.78 is 30.7. The van der Waals surface area contributed by atoms with Crippen molar-refractivity contribution in [2.75, 3.05) is 31.4 Å². The smallest absolute Gasteiger partial charge is 0.211 e. The number of hydrogen-bond donors (Lipinski definition) is 1. The second-order valence-electron chi connectivity index (χ2n) is 4.40. The minimum Gasteiger partial charge on any atom is -0.380 e. The molecule has 4 nitrogen and oxygen atoms in total. The Morgan fingerprint density at radius 1 is 1.24 bits per heavy atom. The Hall–Kier alpha value is 0.160. The van der Waals surface area contributed by atoms with Gasteiger partial charge in [0.25, 0.3) is 0 Å². The maximum atomic E-state index is 11.4. The van der Waals surface area contributed by atoms with E-state index in [9.17, 15) is 8.42 Å². The SMILES string of the molecule is CC(C)CCOCCNS(=O)(=O)CCCCCl. The van der Waals surface area contributed by atoms with Gasteiger partial charge in [-0.2, -0.15) is 0 Å². The first kappa shape index (κ1) is 17.2. The number of halogens is 1. The van der Waals surface area contributed by atoms with Crippen molar-refractivity contribution in [3.8, 4) is 0 Å². The Morgan fingerprint density at radius 3 is 2.53 bits per heavy atom. The molecule has 0 unspecified atom stereocenters. The second kappa shape index (κ2) is 10.1. The van der Waals surface area contributed by atoms with Gasteiger partial charge in [0.2, 0.25) is 10.0 Å². The lowest BCUT2D eigenvalue weighted by Crippen LogP contribution is -2.29. The molecule has 0 radical (unpaired) electrons. The molecule has 0 amide bonds. The van der Waals surface area contributed by atoms with Crippen LogP contribution >= 0.6 is 11.6 Å². The number of sulfonamides is 1. The highest BCUT2D eigenvalue weighted by Crippen LogP contribution is 1.99. The van der Waals surface area contributed by atoms with E-state index < -0.39 is 10.0 Å². The van der Waals surface area contributed by atoms with Gasteiger partial charge in [0.1, 0.15) is 0 Å². The third kappa shape index (κ3) is 12.4. The van der Waals surface area contributed by atoms with Crippen molar-refractivity contribution >= 4 is 21.6 Å². The molecule has 0 aliphatic rings. The fourth-order valence-corrected chi connectivity index (χ4v) is 2.46. The van der Waals surface area contributed by atoms with Crippen LogP contribution in [0.2, 0.25) is 0 Å². The van der Waals surface area contributed by atoms with Crippen LogP contribution in [0.5, 0.6) is 0 Å². The first-order chi connectivity index (χ1) is 7.98. The molecule has 0 aromatic heterocycles. The molecular weight excluding hydrogens is 262 g/mol. The molecule has 104 valence electrons. The minimum absolute atomic E-state index is 0.145. The van der Waals surface area contributed by atoms with Gasteiger partial charge >= 0.3 is 0 Å². The molecule has 0 rings (SSSR count). The molecule has 0 saturated heterocycles. The molecule has 0 fully saturated rings. The van der Waals surface area contributed by atoms with E-state index >= 15 is 0 Å². The number of ether oxygens (including phenoxy) is 1. The molecule has 0 spiro atoms. The number of alkyl halides is 1. The van der Waals surface area contributed by atoms with Gasteiger partial charge < -0.3 is 4.74 Å². The molecule has 0 bridgehead atoms. The summed E-state index contributed by atoms with van der Waals surface area (Å²) in [5.74, 6) is 1.27. The van der Waals surface area contributed by atoms with Crippen LogP contribution < -0.4 is 4.72 Å². The third-order valence-electron chi connectivity index (χ3n) is 2.20. The standard InChI is InChI=1S/C11H24ClNO3S/c1-11(2)5-8-16-9-7-13-17(14,15)10-4-3-6-12/h11,13H,3-10H2,1-2H3. The van der Waals surface area contributed by atoms with E-state index in [4.69, 9.17) is 16.3 Å². The van der Waals surface area contributed by atoms with Crippen LogP contribution in [0.4, 0.5) is 0 Å². The molecule has 17 heavy (non-hydrogen) atoms. The van der Waals surface area contributed by atoms with Crippen LogP contribution in [-0.2, 0) is 14.8 Å². The second-order valence-corrected chi connectivity index (χ2v) is 6.71. The summed E-state index contributed by atoms with van der Waals surface area (Å²) in [6, 6.07) is 0. The highest BCUT2D eigenvalue weighted by atomic mass is 35.5. The molecule has 0 aromatic carbocycles. The molecule has 0 saturated carbocycles. The number of unbranched alkanes of at least 4 members (excludes halogenated alkanes) is 1. The Kier molecular flexibility index (Phi) is 10.2. The zero-order valence-electron chi connectivity index (χ0n) is 10.7. The molecule has 0 atom stereocenters. The first-order valence-electron chi connectivity index (χ1n) is 6.09. The van der Waals surface area contributed by atoms with E-state index in [0.29, 0.717) is 38.0 Å². The fraction of sp³-hybridized carbons (Fsp3) is 1.00. The monoisotopic (exact) mass is 285 g/mol. The van der Waals surface area contributed by atoms with Gasteiger partial charge in [-0.3, -0.25) is 0 Å². The topological polar surface area (TPSA) is 55.4 Å². The minimum atomic E-state index is -3.15. The van der Waals surface area contributed by atoms with Crippen LogP contribution in [0.1, 0.15) is 33.1 Å². The van der Waals surface area contributed by atoms with E-state index in [2.05, 4.69) is 18.6 Å². The average Bonchev–Trinajstić information content (AvgIpc) is 2.23. The van der Waals surface area contributed by atoms with Gasteiger partial charge in [-0.25, -0.2) is 13.1 Å². The van der Waals surface area contributed by atoms with Crippen LogP contribution in [0, 0.1) is 5.92 Å². The van der Waals surface area contributed by atoms with E-state index in [1.165, 1.54) is 0 Å². The molecular formula is C11H24ClNO3S. The summed E-state index contributed by atoms with van der Waals surface area (Å²) in [6.45, 7) is 5.72. The van der Waals surface area contributed by atoms with Crippen molar-refractivity contribution in [1.82, 2.24) is 4.72 Å².